The fourth-order valence-electron chi connectivity index (χ4n) is 1.74. The van der Waals surface area contributed by atoms with Crippen molar-refractivity contribution in [3.8, 4) is 6.07 Å². The predicted molar refractivity (Wildman–Crippen MR) is 80.5 cm³/mol. The summed E-state index contributed by atoms with van der Waals surface area (Å²) in [6, 6.07) is 9.78. The highest BCUT2D eigenvalue weighted by Gasteiger charge is 2.20. The van der Waals surface area contributed by atoms with Crippen LogP contribution in [0.25, 0.3) is 0 Å². The minimum Gasteiger partial charge on any atom is -0.369 e. The fourth-order valence-corrected chi connectivity index (χ4v) is 3.93. The molecule has 1 aromatic carbocycles. The lowest BCUT2D eigenvalue weighted by atomic mass is 10.4. The smallest absolute Gasteiger partial charge is 0.216 e. The zero-order chi connectivity index (χ0) is 14.6. The Balaban J connectivity index is 2.36. The molecule has 0 saturated carbocycles. The lowest BCUT2D eigenvalue weighted by Crippen LogP contribution is -2.10. The van der Waals surface area contributed by atoms with Gasteiger partial charge in [-0.25, -0.2) is 8.42 Å². The highest BCUT2D eigenvalue weighted by atomic mass is 32.2. The second kappa shape index (κ2) is 6.16. The highest BCUT2D eigenvalue weighted by molar-refractivity contribution is 8.03. The molecule has 0 radical (unpaired) electrons. The summed E-state index contributed by atoms with van der Waals surface area (Å²) >= 11 is 1.65. The maximum atomic E-state index is 12.3. The van der Waals surface area contributed by atoms with Crippen LogP contribution in [0.4, 0.5) is 0 Å². The average molecular weight is 306 g/mol. The molecule has 0 spiro atoms. The molecule has 0 unspecified atom stereocenters. The normalized spacial score (nSPS) is 18.3. The van der Waals surface area contributed by atoms with Gasteiger partial charge in [0, 0.05) is 19.3 Å². The molecule has 1 aromatic rings. The summed E-state index contributed by atoms with van der Waals surface area (Å²) < 4.78 is 24.6. The third-order valence-electron chi connectivity index (χ3n) is 2.88. The standard InChI is InChI=1S/C14H14N2O2S2/c1-16-9-10-19-14(16)8-7-13(11-15)20(17,18)12-5-3-2-4-6-12/h2-8H,9-10H2,1H3. The highest BCUT2D eigenvalue weighted by Crippen LogP contribution is 2.26. The molecule has 0 aliphatic carbocycles. The number of rotatable bonds is 3. The van der Waals surface area contributed by atoms with Crippen molar-refractivity contribution in [3.05, 3.63) is 52.4 Å². The van der Waals surface area contributed by atoms with E-state index in [1.807, 2.05) is 11.9 Å². The second-order valence-electron chi connectivity index (χ2n) is 4.23. The van der Waals surface area contributed by atoms with Gasteiger partial charge < -0.3 is 4.90 Å². The first-order chi connectivity index (χ1) is 9.55. The number of sulfone groups is 1. The van der Waals surface area contributed by atoms with Crippen LogP contribution in [-0.2, 0) is 9.84 Å². The van der Waals surface area contributed by atoms with Gasteiger partial charge in [-0.05, 0) is 24.3 Å². The summed E-state index contributed by atoms with van der Waals surface area (Å²) in [5, 5.41) is 10.1. The fraction of sp³-hybridized carbons (Fsp3) is 0.214. The van der Waals surface area contributed by atoms with Gasteiger partial charge in [-0.15, -0.1) is 11.8 Å². The van der Waals surface area contributed by atoms with E-state index in [2.05, 4.69) is 0 Å². The lowest BCUT2D eigenvalue weighted by molar-refractivity contribution is 0.493. The molecule has 6 heteroatoms. The van der Waals surface area contributed by atoms with Gasteiger partial charge in [0.25, 0.3) is 0 Å². The van der Waals surface area contributed by atoms with Crippen molar-refractivity contribution in [2.24, 2.45) is 0 Å². The van der Waals surface area contributed by atoms with Gasteiger partial charge in [-0.1, -0.05) is 18.2 Å². The molecule has 1 saturated heterocycles. The zero-order valence-electron chi connectivity index (χ0n) is 11.0. The molecule has 0 aromatic heterocycles. The molecule has 1 heterocycles. The maximum Gasteiger partial charge on any atom is 0.216 e. The molecule has 0 amide bonds. The van der Waals surface area contributed by atoms with E-state index >= 15 is 0 Å². The topological polar surface area (TPSA) is 61.2 Å². The van der Waals surface area contributed by atoms with Crippen molar-refractivity contribution >= 4 is 21.6 Å². The summed E-state index contributed by atoms with van der Waals surface area (Å²) in [4.78, 5) is 1.93. The zero-order valence-corrected chi connectivity index (χ0v) is 12.6. The van der Waals surface area contributed by atoms with Gasteiger partial charge in [0.05, 0.1) is 9.92 Å². The van der Waals surface area contributed by atoms with Crippen LogP contribution in [-0.4, -0.2) is 32.7 Å². The van der Waals surface area contributed by atoms with E-state index in [1.165, 1.54) is 18.2 Å². The first kappa shape index (κ1) is 14.7. The average Bonchev–Trinajstić information content (AvgIpc) is 2.86. The van der Waals surface area contributed by atoms with Crippen LogP contribution in [0.3, 0.4) is 0 Å². The van der Waals surface area contributed by atoms with Crippen LogP contribution in [0.15, 0.2) is 57.3 Å². The van der Waals surface area contributed by atoms with Gasteiger partial charge in [0.2, 0.25) is 9.84 Å². The second-order valence-corrected chi connectivity index (χ2v) is 7.27. The SMILES string of the molecule is CN1CCSC1=CC=C(C#N)S(=O)(=O)c1ccccc1. The van der Waals surface area contributed by atoms with Crippen LogP contribution in [0.5, 0.6) is 0 Å². The molecular formula is C14H14N2O2S2. The van der Waals surface area contributed by atoms with Gasteiger partial charge in [0.1, 0.15) is 11.0 Å². The third-order valence-corrected chi connectivity index (χ3v) is 5.71. The number of hydrogen-bond donors (Lipinski definition) is 0. The van der Waals surface area contributed by atoms with Crippen molar-refractivity contribution in [1.82, 2.24) is 4.90 Å². The molecule has 0 bridgehead atoms. The minimum absolute atomic E-state index is 0.138. The predicted octanol–water partition coefficient (Wildman–Crippen LogP) is 2.39. The molecule has 2 rings (SSSR count). The van der Waals surface area contributed by atoms with Gasteiger partial charge >= 0.3 is 0 Å². The van der Waals surface area contributed by atoms with Crippen molar-refractivity contribution in [1.29, 1.82) is 5.26 Å². The number of benzene rings is 1. The Kier molecular flexibility index (Phi) is 4.53. The summed E-state index contributed by atoms with van der Waals surface area (Å²) in [7, 11) is -1.79. The summed E-state index contributed by atoms with van der Waals surface area (Å²) in [6.45, 7) is 0.928. The number of nitrogens with zero attached hydrogens (tertiary/aromatic N) is 2. The summed E-state index contributed by atoms with van der Waals surface area (Å²) in [5.74, 6) is 0.976. The van der Waals surface area contributed by atoms with Crippen LogP contribution in [0.2, 0.25) is 0 Å². The van der Waals surface area contributed by atoms with E-state index in [1.54, 1.807) is 42.1 Å². The Bertz CT molecular complexity index is 686. The molecular weight excluding hydrogens is 292 g/mol. The van der Waals surface area contributed by atoms with E-state index in [0.29, 0.717) is 0 Å². The van der Waals surface area contributed by atoms with E-state index in [-0.39, 0.29) is 9.80 Å². The Hall–Kier alpha value is -1.71. The molecule has 104 valence electrons. The third kappa shape index (κ3) is 3.06. The van der Waals surface area contributed by atoms with Crippen molar-refractivity contribution in [2.75, 3.05) is 19.3 Å². The van der Waals surface area contributed by atoms with E-state index in [9.17, 15) is 8.42 Å². The largest absolute Gasteiger partial charge is 0.369 e. The monoisotopic (exact) mass is 306 g/mol. The summed E-state index contributed by atoms with van der Waals surface area (Å²) in [5.41, 5.74) is 0. The number of hydrogen-bond acceptors (Lipinski definition) is 5. The van der Waals surface area contributed by atoms with E-state index in [4.69, 9.17) is 5.26 Å². The quantitative estimate of drug-likeness (QED) is 0.802. The molecule has 4 nitrogen and oxygen atoms in total. The van der Waals surface area contributed by atoms with Crippen LogP contribution in [0.1, 0.15) is 0 Å². The van der Waals surface area contributed by atoms with Crippen molar-refractivity contribution < 1.29 is 8.42 Å². The number of allylic oxidation sites excluding steroid dienone is 3. The van der Waals surface area contributed by atoms with Crippen molar-refractivity contribution in [2.45, 2.75) is 4.90 Å². The van der Waals surface area contributed by atoms with E-state index in [0.717, 1.165) is 17.3 Å². The molecule has 1 aliphatic rings. The summed E-state index contributed by atoms with van der Waals surface area (Å²) in [6.07, 6.45) is 3.07. The van der Waals surface area contributed by atoms with Crippen molar-refractivity contribution in [3.63, 3.8) is 0 Å². The molecule has 1 aliphatic heterocycles. The minimum atomic E-state index is -3.73. The van der Waals surface area contributed by atoms with Gasteiger partial charge in [0.15, 0.2) is 0 Å². The van der Waals surface area contributed by atoms with Crippen LogP contribution in [0, 0.1) is 11.3 Å². The maximum absolute atomic E-state index is 12.3. The van der Waals surface area contributed by atoms with Gasteiger partial charge in [-0.2, -0.15) is 5.26 Å². The Morgan fingerprint density at radius 2 is 2.10 bits per heavy atom. The van der Waals surface area contributed by atoms with E-state index < -0.39 is 9.84 Å². The Labute approximate surface area is 123 Å². The van der Waals surface area contributed by atoms with Crippen LogP contribution < -0.4 is 0 Å². The van der Waals surface area contributed by atoms with Crippen LogP contribution >= 0.6 is 11.8 Å². The first-order valence-corrected chi connectivity index (χ1v) is 8.49. The molecule has 0 N–H and O–H groups in total. The Morgan fingerprint density at radius 3 is 2.65 bits per heavy atom. The Morgan fingerprint density at radius 1 is 1.40 bits per heavy atom. The first-order valence-electron chi connectivity index (χ1n) is 6.02. The number of nitriles is 1. The number of thioether (sulfide) groups is 1. The lowest BCUT2D eigenvalue weighted by Gasteiger charge is -2.09. The van der Waals surface area contributed by atoms with Gasteiger partial charge in [-0.3, -0.25) is 0 Å². The molecule has 0 atom stereocenters. The molecule has 1 fully saturated rings. The molecule has 20 heavy (non-hydrogen) atoms.